The molecule has 24 heavy (non-hydrogen) atoms. The van der Waals surface area contributed by atoms with Crippen molar-refractivity contribution in [1.82, 2.24) is 9.62 Å². The molecule has 0 saturated heterocycles. The summed E-state index contributed by atoms with van der Waals surface area (Å²) in [5.41, 5.74) is 0.373. The van der Waals surface area contributed by atoms with E-state index in [0.717, 1.165) is 4.31 Å². The first-order valence-electron chi connectivity index (χ1n) is 7.89. The molecule has 2 amide bonds. The Bertz CT molecular complexity index is 786. The van der Waals surface area contributed by atoms with Gasteiger partial charge in [0.25, 0.3) is 21.8 Å². The minimum Gasteiger partial charge on any atom is -0.385 e. The van der Waals surface area contributed by atoms with E-state index in [2.05, 4.69) is 5.32 Å². The molecule has 1 N–H and O–H groups in total. The van der Waals surface area contributed by atoms with E-state index in [1.807, 2.05) is 6.92 Å². The highest BCUT2D eigenvalue weighted by Crippen LogP contribution is 2.39. The minimum absolute atomic E-state index is 0.0726. The lowest BCUT2D eigenvalue weighted by molar-refractivity contribution is 0.0863. The molecule has 130 valence electrons. The van der Waals surface area contributed by atoms with Gasteiger partial charge in [-0.25, -0.2) is 12.7 Å². The number of hydrogen-bond acceptors (Lipinski definition) is 5. The van der Waals surface area contributed by atoms with Crippen LogP contribution in [0.15, 0.2) is 23.1 Å². The number of carbonyl (C=O) groups excluding carboxylic acids is 2. The zero-order valence-electron chi connectivity index (χ0n) is 13.6. The molecule has 1 unspecified atom stereocenters. The summed E-state index contributed by atoms with van der Waals surface area (Å²) in [6.45, 7) is 2.37. The minimum atomic E-state index is -3.85. The number of rotatable bonds is 6. The number of amides is 2. The molecule has 3 rings (SSSR count). The van der Waals surface area contributed by atoms with E-state index in [0.29, 0.717) is 25.9 Å². The van der Waals surface area contributed by atoms with Crippen LogP contribution >= 0.6 is 0 Å². The third-order valence-electron chi connectivity index (χ3n) is 4.22. The maximum absolute atomic E-state index is 12.6. The zero-order chi connectivity index (χ0) is 17.5. The Kier molecular flexibility index (Phi) is 4.35. The fourth-order valence-electron chi connectivity index (χ4n) is 2.73. The first-order valence-corrected chi connectivity index (χ1v) is 9.33. The van der Waals surface area contributed by atoms with Gasteiger partial charge in [-0.3, -0.25) is 9.59 Å². The molecule has 1 aromatic carbocycles. The predicted octanol–water partition coefficient (Wildman–Crippen LogP) is 1.15. The van der Waals surface area contributed by atoms with Gasteiger partial charge in [-0.2, -0.15) is 0 Å². The van der Waals surface area contributed by atoms with Crippen molar-refractivity contribution < 1.29 is 22.7 Å². The molecule has 1 heterocycles. The summed E-state index contributed by atoms with van der Waals surface area (Å²) in [6, 6.07) is 3.87. The van der Waals surface area contributed by atoms with Crippen LogP contribution in [0, 0.1) is 0 Å². The van der Waals surface area contributed by atoms with Crippen LogP contribution in [0.4, 0.5) is 0 Å². The van der Waals surface area contributed by atoms with Crippen molar-refractivity contribution in [2.24, 2.45) is 0 Å². The van der Waals surface area contributed by atoms with Crippen LogP contribution in [0.2, 0.25) is 0 Å². The van der Waals surface area contributed by atoms with Gasteiger partial charge in [0.2, 0.25) is 0 Å². The lowest BCUT2D eigenvalue weighted by atomic mass is 10.1. The largest absolute Gasteiger partial charge is 0.385 e. The monoisotopic (exact) mass is 352 g/mol. The third kappa shape index (κ3) is 2.91. The first-order chi connectivity index (χ1) is 11.4. The summed E-state index contributed by atoms with van der Waals surface area (Å²) in [5.74, 6) is -0.859. The maximum atomic E-state index is 12.6. The highest BCUT2D eigenvalue weighted by molar-refractivity contribution is 7.90. The summed E-state index contributed by atoms with van der Waals surface area (Å²) in [7, 11) is -2.26. The van der Waals surface area contributed by atoms with Crippen LogP contribution in [0.25, 0.3) is 0 Å². The Hall–Kier alpha value is -1.93. The third-order valence-corrected chi connectivity index (χ3v) is 6.10. The molecule has 2 aliphatic rings. The van der Waals surface area contributed by atoms with Crippen molar-refractivity contribution >= 4 is 21.8 Å². The Morgan fingerprint density at radius 3 is 2.75 bits per heavy atom. The molecule has 1 aromatic rings. The number of carbonyl (C=O) groups is 2. The molecule has 1 atom stereocenters. The Balaban J connectivity index is 1.84. The van der Waals surface area contributed by atoms with Crippen molar-refractivity contribution in [2.45, 2.75) is 43.2 Å². The standard InChI is InChI=1S/C16H20N2O5S/c1-10(7-8-23-2)17-15(19)11-3-6-13-14(9-11)24(21,22)18(16(13)20)12-4-5-12/h3,6,9-10,12H,4-5,7-8H2,1-2H3,(H,17,19). The van der Waals surface area contributed by atoms with Crippen molar-refractivity contribution in [1.29, 1.82) is 0 Å². The summed E-state index contributed by atoms with van der Waals surface area (Å²) in [6.07, 6.45) is 2.05. The Labute approximate surface area is 141 Å². The van der Waals surface area contributed by atoms with E-state index in [9.17, 15) is 18.0 Å². The van der Waals surface area contributed by atoms with Gasteiger partial charge in [-0.1, -0.05) is 0 Å². The number of fused-ring (bicyclic) bond motifs is 1. The fraction of sp³-hybridized carbons (Fsp3) is 0.500. The van der Waals surface area contributed by atoms with Crippen molar-refractivity contribution in [3.05, 3.63) is 29.3 Å². The molecule has 7 nitrogen and oxygen atoms in total. The summed E-state index contributed by atoms with van der Waals surface area (Å²) in [4.78, 5) is 24.5. The summed E-state index contributed by atoms with van der Waals surface area (Å²) < 4.78 is 31.1. The van der Waals surface area contributed by atoms with Crippen LogP contribution in [-0.4, -0.2) is 50.3 Å². The second-order valence-electron chi connectivity index (χ2n) is 6.20. The number of nitrogens with zero attached hydrogens (tertiary/aromatic N) is 1. The van der Waals surface area contributed by atoms with Crippen LogP contribution in [0.1, 0.15) is 46.9 Å². The van der Waals surface area contributed by atoms with Crippen molar-refractivity contribution in [2.75, 3.05) is 13.7 Å². The van der Waals surface area contributed by atoms with Gasteiger partial charge in [0.05, 0.1) is 5.56 Å². The van der Waals surface area contributed by atoms with E-state index in [1.165, 1.54) is 18.2 Å². The first kappa shape index (κ1) is 16.9. The molecule has 0 bridgehead atoms. The molecular weight excluding hydrogens is 332 g/mol. The maximum Gasteiger partial charge on any atom is 0.269 e. The van der Waals surface area contributed by atoms with Gasteiger partial charge in [0.1, 0.15) is 4.90 Å². The highest BCUT2D eigenvalue weighted by Gasteiger charge is 2.48. The average Bonchev–Trinajstić information content (AvgIpc) is 3.33. The lowest BCUT2D eigenvalue weighted by Crippen LogP contribution is -2.33. The molecule has 1 fully saturated rings. The molecule has 1 aliphatic carbocycles. The highest BCUT2D eigenvalue weighted by atomic mass is 32.2. The summed E-state index contributed by atoms with van der Waals surface area (Å²) in [5, 5.41) is 2.79. The van der Waals surface area contributed by atoms with Crippen LogP contribution in [0.5, 0.6) is 0 Å². The van der Waals surface area contributed by atoms with Gasteiger partial charge >= 0.3 is 0 Å². The Morgan fingerprint density at radius 2 is 2.12 bits per heavy atom. The van der Waals surface area contributed by atoms with Gasteiger partial charge in [-0.15, -0.1) is 0 Å². The van der Waals surface area contributed by atoms with E-state index in [-0.39, 0.29) is 34.0 Å². The van der Waals surface area contributed by atoms with Gasteiger partial charge < -0.3 is 10.1 Å². The normalized spacial score (nSPS) is 19.9. The Morgan fingerprint density at radius 1 is 1.42 bits per heavy atom. The molecule has 1 saturated carbocycles. The van der Waals surface area contributed by atoms with Gasteiger partial charge in [-0.05, 0) is 44.4 Å². The second-order valence-corrected chi connectivity index (χ2v) is 7.99. The molecular formula is C16H20N2O5S. The fourth-order valence-corrected chi connectivity index (χ4v) is 4.57. The topological polar surface area (TPSA) is 92.8 Å². The number of sulfonamides is 1. The molecule has 0 aromatic heterocycles. The van der Waals surface area contributed by atoms with Crippen molar-refractivity contribution in [3.8, 4) is 0 Å². The van der Waals surface area contributed by atoms with Gasteiger partial charge in [0.15, 0.2) is 0 Å². The van der Waals surface area contributed by atoms with Gasteiger partial charge in [0, 0.05) is 31.4 Å². The quantitative estimate of drug-likeness (QED) is 0.829. The molecule has 1 aliphatic heterocycles. The van der Waals surface area contributed by atoms with Crippen molar-refractivity contribution in [3.63, 3.8) is 0 Å². The SMILES string of the molecule is COCCC(C)NC(=O)c1ccc2c(c1)S(=O)(=O)N(C1CC1)C2=O. The number of hydrogen-bond donors (Lipinski definition) is 1. The second kappa shape index (κ2) is 6.18. The van der Waals surface area contributed by atoms with Crippen LogP contribution in [-0.2, 0) is 14.8 Å². The average molecular weight is 352 g/mol. The van der Waals surface area contributed by atoms with E-state index < -0.39 is 15.9 Å². The smallest absolute Gasteiger partial charge is 0.269 e. The predicted molar refractivity (Wildman–Crippen MR) is 86.2 cm³/mol. The number of nitrogens with one attached hydrogen (secondary N) is 1. The van der Waals surface area contributed by atoms with Crippen LogP contribution < -0.4 is 5.32 Å². The van der Waals surface area contributed by atoms with E-state index in [4.69, 9.17) is 4.74 Å². The van der Waals surface area contributed by atoms with E-state index >= 15 is 0 Å². The molecule has 0 radical (unpaired) electrons. The number of ether oxygens (including phenoxy) is 1. The van der Waals surface area contributed by atoms with E-state index in [1.54, 1.807) is 7.11 Å². The number of benzene rings is 1. The molecule has 0 spiro atoms. The molecule has 8 heteroatoms. The summed E-state index contributed by atoms with van der Waals surface area (Å²) >= 11 is 0. The zero-order valence-corrected chi connectivity index (χ0v) is 14.4. The number of methoxy groups -OCH3 is 1. The van der Waals surface area contributed by atoms with Crippen LogP contribution in [0.3, 0.4) is 0 Å². The lowest BCUT2D eigenvalue weighted by Gasteiger charge is -2.14.